The molecule has 0 fully saturated rings. The normalized spacial score (nSPS) is 12.7. The first-order valence-corrected chi connectivity index (χ1v) is 13.3. The zero-order valence-corrected chi connectivity index (χ0v) is 21.1. The predicted octanol–water partition coefficient (Wildman–Crippen LogP) is 5.81. The van der Waals surface area contributed by atoms with Crippen LogP contribution in [0, 0.1) is 5.82 Å². The van der Waals surface area contributed by atoms with Gasteiger partial charge in [0.1, 0.15) is 5.82 Å². The second-order valence-electron chi connectivity index (χ2n) is 8.20. The minimum Gasteiger partial charge on any atom is -0.278 e. The van der Waals surface area contributed by atoms with E-state index in [2.05, 4.69) is 10.2 Å². The van der Waals surface area contributed by atoms with Gasteiger partial charge in [0.15, 0.2) is 0 Å². The number of aromatic nitrogens is 2. The Morgan fingerprint density at radius 3 is 2.47 bits per heavy atom. The number of carbonyl (C=O) groups is 1. The number of aromatic amines is 1. The SMILES string of the molecule is CCC(=C(c1ccc(C=CC(=O)NS(C)(=O)=O)cc1)c1ccc2[nH]ncc2c1)c1ccc(F)cc1Cl. The summed E-state index contributed by atoms with van der Waals surface area (Å²) >= 11 is 6.46. The zero-order chi connectivity index (χ0) is 25.9. The number of H-pyrrole nitrogens is 1. The fourth-order valence-electron chi connectivity index (χ4n) is 4.00. The zero-order valence-electron chi connectivity index (χ0n) is 19.5. The van der Waals surface area contributed by atoms with Gasteiger partial charge >= 0.3 is 0 Å². The van der Waals surface area contributed by atoms with Crippen molar-refractivity contribution in [3.8, 4) is 0 Å². The molecular formula is C27H23ClFN3O3S. The third-order valence-electron chi connectivity index (χ3n) is 5.55. The highest BCUT2D eigenvalue weighted by molar-refractivity contribution is 7.89. The molecular weight excluding hydrogens is 501 g/mol. The molecule has 0 unspecified atom stereocenters. The molecule has 0 aliphatic heterocycles. The summed E-state index contributed by atoms with van der Waals surface area (Å²) in [6, 6.07) is 17.8. The summed E-state index contributed by atoms with van der Waals surface area (Å²) in [5, 5.41) is 8.33. The van der Waals surface area contributed by atoms with Crippen molar-refractivity contribution in [2.75, 3.05) is 6.26 Å². The van der Waals surface area contributed by atoms with E-state index >= 15 is 0 Å². The van der Waals surface area contributed by atoms with Crippen molar-refractivity contribution >= 4 is 55.7 Å². The van der Waals surface area contributed by atoms with E-state index in [1.54, 1.807) is 12.3 Å². The maximum atomic E-state index is 13.8. The second kappa shape index (κ2) is 10.5. The van der Waals surface area contributed by atoms with E-state index in [4.69, 9.17) is 11.6 Å². The molecule has 0 saturated heterocycles. The number of hydrogen-bond donors (Lipinski definition) is 2. The Balaban J connectivity index is 1.81. The summed E-state index contributed by atoms with van der Waals surface area (Å²) in [6.45, 7) is 2.02. The first-order chi connectivity index (χ1) is 17.1. The van der Waals surface area contributed by atoms with Gasteiger partial charge in [0.05, 0.1) is 23.0 Å². The van der Waals surface area contributed by atoms with Gasteiger partial charge in [0, 0.05) is 11.5 Å². The molecule has 9 heteroatoms. The molecule has 0 atom stereocenters. The van der Waals surface area contributed by atoms with Crippen LogP contribution in [0.4, 0.5) is 4.39 Å². The van der Waals surface area contributed by atoms with Crippen molar-refractivity contribution in [1.29, 1.82) is 0 Å². The fourth-order valence-corrected chi connectivity index (χ4v) is 4.71. The van der Waals surface area contributed by atoms with Crippen molar-refractivity contribution in [1.82, 2.24) is 14.9 Å². The van der Waals surface area contributed by atoms with Crippen LogP contribution in [0.2, 0.25) is 5.02 Å². The quantitative estimate of drug-likeness (QED) is 0.236. The molecule has 1 aromatic heterocycles. The molecule has 0 aliphatic rings. The Labute approximate surface area is 213 Å². The number of carbonyl (C=O) groups excluding carboxylic acids is 1. The van der Waals surface area contributed by atoms with Crippen LogP contribution in [0.15, 0.2) is 72.9 Å². The van der Waals surface area contributed by atoms with Crippen LogP contribution in [0.5, 0.6) is 0 Å². The number of sulfonamides is 1. The van der Waals surface area contributed by atoms with Crippen LogP contribution in [0.1, 0.15) is 35.6 Å². The lowest BCUT2D eigenvalue weighted by Gasteiger charge is -2.18. The number of allylic oxidation sites excluding steroid dienone is 1. The van der Waals surface area contributed by atoms with Crippen LogP contribution in [-0.2, 0) is 14.8 Å². The summed E-state index contributed by atoms with van der Waals surface area (Å²) in [7, 11) is -3.63. The summed E-state index contributed by atoms with van der Waals surface area (Å²) in [6.07, 6.45) is 6.00. The molecule has 0 spiro atoms. The molecule has 2 N–H and O–H groups in total. The molecule has 0 saturated carbocycles. The fraction of sp³-hybridized carbons (Fsp3) is 0.111. The smallest absolute Gasteiger partial charge is 0.257 e. The molecule has 0 radical (unpaired) electrons. The van der Waals surface area contributed by atoms with Gasteiger partial charge in [-0.25, -0.2) is 17.5 Å². The van der Waals surface area contributed by atoms with Gasteiger partial charge < -0.3 is 0 Å². The molecule has 3 aromatic carbocycles. The maximum Gasteiger partial charge on any atom is 0.257 e. The lowest BCUT2D eigenvalue weighted by atomic mass is 9.87. The van der Waals surface area contributed by atoms with Gasteiger partial charge in [-0.2, -0.15) is 5.10 Å². The van der Waals surface area contributed by atoms with Crippen molar-refractivity contribution in [2.45, 2.75) is 13.3 Å². The molecule has 0 aliphatic carbocycles. The molecule has 1 amide bonds. The van der Waals surface area contributed by atoms with Crippen LogP contribution in [0.3, 0.4) is 0 Å². The molecule has 4 rings (SSSR count). The molecule has 36 heavy (non-hydrogen) atoms. The van der Waals surface area contributed by atoms with Gasteiger partial charge in [-0.3, -0.25) is 9.89 Å². The third-order valence-corrected chi connectivity index (χ3v) is 6.44. The molecule has 1 heterocycles. The van der Waals surface area contributed by atoms with Crippen molar-refractivity contribution in [3.63, 3.8) is 0 Å². The highest BCUT2D eigenvalue weighted by Gasteiger charge is 2.16. The lowest BCUT2D eigenvalue weighted by Crippen LogP contribution is -2.27. The summed E-state index contributed by atoms with van der Waals surface area (Å²) in [4.78, 5) is 11.8. The van der Waals surface area contributed by atoms with Gasteiger partial charge in [-0.1, -0.05) is 54.9 Å². The highest BCUT2D eigenvalue weighted by atomic mass is 35.5. The van der Waals surface area contributed by atoms with Gasteiger partial charge in [-0.05, 0) is 70.2 Å². The summed E-state index contributed by atoms with van der Waals surface area (Å²) < 4.78 is 38.1. The van der Waals surface area contributed by atoms with Crippen LogP contribution < -0.4 is 4.72 Å². The Bertz CT molecular complexity index is 1610. The number of nitrogens with one attached hydrogen (secondary N) is 2. The Morgan fingerprint density at radius 1 is 1.08 bits per heavy atom. The van der Waals surface area contributed by atoms with Crippen LogP contribution >= 0.6 is 11.6 Å². The maximum absolute atomic E-state index is 13.8. The third kappa shape index (κ3) is 5.90. The van der Waals surface area contributed by atoms with Crippen molar-refractivity contribution in [2.24, 2.45) is 0 Å². The lowest BCUT2D eigenvalue weighted by molar-refractivity contribution is -0.114. The Morgan fingerprint density at radius 2 is 1.81 bits per heavy atom. The van der Waals surface area contributed by atoms with E-state index in [9.17, 15) is 17.6 Å². The molecule has 184 valence electrons. The molecule has 4 aromatic rings. The number of fused-ring (bicyclic) bond motifs is 1. The summed E-state index contributed by atoms with van der Waals surface area (Å²) in [5.41, 5.74) is 6.07. The Kier molecular flexibility index (Phi) is 7.37. The largest absolute Gasteiger partial charge is 0.278 e. The first kappa shape index (κ1) is 25.3. The van der Waals surface area contributed by atoms with Crippen molar-refractivity contribution in [3.05, 3.63) is 106 Å². The monoisotopic (exact) mass is 523 g/mol. The van der Waals surface area contributed by atoms with Gasteiger partial charge in [0.25, 0.3) is 5.91 Å². The number of amides is 1. The summed E-state index contributed by atoms with van der Waals surface area (Å²) in [5.74, 6) is -1.13. The standard InChI is InChI=1S/C27H23ClFN3O3S/c1-3-22(23-11-10-21(29)15-24(23)28)27(19-9-12-25-20(14-19)16-30-31-25)18-7-4-17(5-8-18)6-13-26(33)32-36(2,34)35/h4-16H,3H2,1-2H3,(H,30,31)(H,32,33). The van der Waals surface area contributed by atoms with Crippen LogP contribution in [-0.4, -0.2) is 30.8 Å². The van der Waals surface area contributed by atoms with Gasteiger partial charge in [-0.15, -0.1) is 0 Å². The second-order valence-corrected chi connectivity index (χ2v) is 10.4. The number of benzene rings is 3. The van der Waals surface area contributed by atoms with E-state index in [1.807, 2.05) is 54.1 Å². The minimum atomic E-state index is -3.63. The van der Waals surface area contributed by atoms with Gasteiger partial charge in [0.2, 0.25) is 10.0 Å². The Hall–Kier alpha value is -3.75. The minimum absolute atomic E-state index is 0.324. The topological polar surface area (TPSA) is 91.9 Å². The average Bonchev–Trinajstić information content (AvgIpc) is 3.29. The molecule has 6 nitrogen and oxygen atoms in total. The van der Waals surface area contributed by atoms with E-state index in [0.717, 1.165) is 51.1 Å². The van der Waals surface area contributed by atoms with Crippen molar-refractivity contribution < 1.29 is 17.6 Å². The van der Waals surface area contributed by atoms with E-state index in [1.165, 1.54) is 18.2 Å². The average molecular weight is 524 g/mol. The number of hydrogen-bond acceptors (Lipinski definition) is 4. The number of nitrogens with zero attached hydrogens (tertiary/aromatic N) is 1. The van der Waals surface area contributed by atoms with E-state index in [0.29, 0.717) is 17.0 Å². The first-order valence-electron chi connectivity index (χ1n) is 11.1. The van der Waals surface area contributed by atoms with Crippen LogP contribution in [0.25, 0.3) is 28.1 Å². The molecule has 0 bridgehead atoms. The predicted molar refractivity (Wildman–Crippen MR) is 142 cm³/mol. The van der Waals surface area contributed by atoms with E-state index in [-0.39, 0.29) is 0 Å². The van der Waals surface area contributed by atoms with E-state index < -0.39 is 21.7 Å². The number of rotatable bonds is 7. The number of halogens is 2. The highest BCUT2D eigenvalue weighted by Crippen LogP contribution is 2.38.